The average Bonchev–Trinajstić information content (AvgIpc) is 2.06. The van der Waals surface area contributed by atoms with Crippen molar-refractivity contribution in [2.45, 2.75) is 19.8 Å². The lowest BCUT2D eigenvalue weighted by atomic mass is 10.4. The van der Waals surface area contributed by atoms with Crippen molar-refractivity contribution in [1.82, 2.24) is 5.48 Å². The highest BCUT2D eigenvalue weighted by atomic mass is 31.1. The number of hydroxylamine groups is 1. The third-order valence-electron chi connectivity index (χ3n) is 1.08. The summed E-state index contributed by atoms with van der Waals surface area (Å²) in [6, 6.07) is 0. The van der Waals surface area contributed by atoms with Crippen molar-refractivity contribution in [1.29, 1.82) is 0 Å². The van der Waals surface area contributed by atoms with Gasteiger partial charge in [-0.1, -0.05) is 13.3 Å². The maximum atomic E-state index is 10.8. The molecule has 0 amide bonds. The number of hydrogen-bond donors (Lipinski definition) is 2. The van der Waals surface area contributed by atoms with Crippen LogP contribution in [0.2, 0.25) is 0 Å². The summed E-state index contributed by atoms with van der Waals surface area (Å²) in [5, 5.41) is 0. The molecule has 0 aromatic carbocycles. The fourth-order valence-electron chi connectivity index (χ4n) is 0.467. The van der Waals surface area contributed by atoms with Gasteiger partial charge in [0.05, 0.1) is 0 Å². The Labute approximate surface area is 90.4 Å². The number of unbranched alkanes of at least 4 members (excludes halogenated alkanes) is 1. The lowest BCUT2D eigenvalue weighted by Crippen LogP contribution is -2.20. The highest BCUT2D eigenvalue weighted by molar-refractivity contribution is 7.33. The normalized spacial score (nSPS) is 10.8. The molecule has 13 heavy (non-hydrogen) atoms. The summed E-state index contributed by atoms with van der Waals surface area (Å²) in [6.45, 7) is 3.41. The van der Waals surface area contributed by atoms with Crippen LogP contribution >= 0.6 is 8.25 Å². The Morgan fingerprint density at radius 2 is 2.23 bits per heavy atom. The molecule has 0 aliphatic carbocycles. The second-order valence-electron chi connectivity index (χ2n) is 2.18. The molecule has 1 unspecified atom stereocenters. The number of nitrogens with one attached hydrogen (secondary N) is 1. The first-order chi connectivity index (χ1) is 5.81. The van der Waals surface area contributed by atoms with Crippen LogP contribution in [0.5, 0.6) is 0 Å². The molecule has 0 saturated carbocycles. The minimum atomic E-state index is -2.02. The Kier molecular flexibility index (Phi) is 15.3. The van der Waals surface area contributed by atoms with E-state index in [1.807, 2.05) is 6.92 Å². The minimum Gasteiger partial charge on any atom is -0.329 e. The van der Waals surface area contributed by atoms with Crippen molar-refractivity contribution >= 4 is 25.6 Å². The third kappa shape index (κ3) is 12.5. The van der Waals surface area contributed by atoms with E-state index < -0.39 is 8.25 Å². The van der Waals surface area contributed by atoms with E-state index in [-0.39, 0.29) is 17.4 Å². The number of nitrogens with two attached hydrogens (primary N) is 1. The van der Waals surface area contributed by atoms with Gasteiger partial charge < -0.3 is 5.73 Å². The van der Waals surface area contributed by atoms with Crippen molar-refractivity contribution in [2.75, 3.05) is 19.7 Å². The van der Waals surface area contributed by atoms with Crippen LogP contribution in [0.4, 0.5) is 0 Å². The zero-order valence-corrected chi connectivity index (χ0v) is 8.18. The van der Waals surface area contributed by atoms with Gasteiger partial charge in [-0.2, -0.15) is 0 Å². The second kappa shape index (κ2) is 12.5. The van der Waals surface area contributed by atoms with E-state index in [1.54, 1.807) is 0 Å². The molecular formula is C6H19AlN2O3P+. The van der Waals surface area contributed by atoms with Crippen LogP contribution in [0.25, 0.3) is 0 Å². The Morgan fingerprint density at radius 1 is 1.54 bits per heavy atom. The van der Waals surface area contributed by atoms with E-state index in [4.69, 9.17) is 10.3 Å². The lowest BCUT2D eigenvalue weighted by molar-refractivity contribution is 0.158. The molecule has 1 atom stereocenters. The summed E-state index contributed by atoms with van der Waals surface area (Å²) in [5.41, 5.74) is 7.59. The van der Waals surface area contributed by atoms with Crippen molar-refractivity contribution in [2.24, 2.45) is 5.73 Å². The summed E-state index contributed by atoms with van der Waals surface area (Å²) in [6.07, 6.45) is 1.90. The van der Waals surface area contributed by atoms with Crippen molar-refractivity contribution in [3.05, 3.63) is 0 Å². The molecule has 0 rings (SSSR count). The number of rotatable bonds is 8. The van der Waals surface area contributed by atoms with E-state index >= 15 is 0 Å². The van der Waals surface area contributed by atoms with Gasteiger partial charge in [0.1, 0.15) is 6.61 Å². The number of hydrogen-bond acceptors (Lipinski definition) is 5. The van der Waals surface area contributed by atoms with Crippen LogP contribution in [0.3, 0.4) is 0 Å². The smallest absolute Gasteiger partial charge is 0.329 e. The highest BCUT2D eigenvalue weighted by Crippen LogP contribution is 2.21. The fourth-order valence-corrected chi connectivity index (χ4v) is 0.995. The summed E-state index contributed by atoms with van der Waals surface area (Å²) < 4.78 is 20.2. The van der Waals surface area contributed by atoms with Gasteiger partial charge >= 0.3 is 8.25 Å². The Balaban J connectivity index is 0. The van der Waals surface area contributed by atoms with E-state index in [0.29, 0.717) is 19.7 Å². The fraction of sp³-hybridized carbons (Fsp3) is 1.00. The molecule has 5 nitrogen and oxygen atoms in total. The first-order valence-electron chi connectivity index (χ1n) is 4.01. The third-order valence-corrected chi connectivity index (χ3v) is 1.75. The molecule has 0 saturated heterocycles. The van der Waals surface area contributed by atoms with Crippen molar-refractivity contribution in [3.63, 3.8) is 0 Å². The Morgan fingerprint density at radius 3 is 2.77 bits per heavy atom. The van der Waals surface area contributed by atoms with Gasteiger partial charge in [-0.3, -0.25) is 0 Å². The van der Waals surface area contributed by atoms with Gasteiger partial charge in [0.25, 0.3) is 0 Å². The SMILES string of the molecule is CCCCO[P+](=O)ONCCN.[AlH3]. The quantitative estimate of drug-likeness (QED) is 0.258. The van der Waals surface area contributed by atoms with Crippen molar-refractivity contribution in [3.8, 4) is 0 Å². The maximum Gasteiger partial charge on any atom is 0.716 e. The van der Waals surface area contributed by atoms with Gasteiger partial charge in [0.2, 0.25) is 0 Å². The monoisotopic (exact) mass is 225 g/mol. The largest absolute Gasteiger partial charge is 0.716 e. The zero-order chi connectivity index (χ0) is 9.23. The van der Waals surface area contributed by atoms with E-state index in [2.05, 4.69) is 10.1 Å². The first kappa shape index (κ1) is 15.9. The molecule has 3 N–H and O–H groups in total. The van der Waals surface area contributed by atoms with E-state index in [1.165, 1.54) is 0 Å². The Hall–Kier alpha value is 0.472. The van der Waals surface area contributed by atoms with Crippen LogP contribution in [0, 0.1) is 0 Å². The van der Waals surface area contributed by atoms with Gasteiger partial charge in [-0.05, 0) is 11.0 Å². The molecule has 0 bridgehead atoms. The van der Waals surface area contributed by atoms with Crippen LogP contribution in [0.1, 0.15) is 19.8 Å². The van der Waals surface area contributed by atoms with Crippen molar-refractivity contribution < 1.29 is 13.7 Å². The van der Waals surface area contributed by atoms with Crippen LogP contribution in [0.15, 0.2) is 0 Å². The molecule has 0 radical (unpaired) electrons. The molecule has 78 valence electrons. The van der Waals surface area contributed by atoms with E-state index in [0.717, 1.165) is 12.8 Å². The summed E-state index contributed by atoms with van der Waals surface area (Å²) >= 11 is 0. The van der Waals surface area contributed by atoms with Crippen LogP contribution in [-0.4, -0.2) is 37.1 Å². The van der Waals surface area contributed by atoms with Crippen LogP contribution < -0.4 is 11.2 Å². The molecular weight excluding hydrogens is 206 g/mol. The minimum absolute atomic E-state index is 0. The molecule has 0 heterocycles. The second-order valence-corrected chi connectivity index (χ2v) is 3.07. The molecule has 0 fully saturated rings. The molecule has 0 aromatic rings. The summed E-state index contributed by atoms with van der Waals surface area (Å²) in [4.78, 5) is 0. The standard InChI is InChI=1S/C6H16N2O3P.Al.3H/c1-2-3-6-10-12(9)11-8-5-4-7;;;;/h8H,2-7H2,1H3;;;;/q+1;;;;. The van der Waals surface area contributed by atoms with Gasteiger partial charge in [-0.15, -0.1) is 10.0 Å². The average molecular weight is 225 g/mol. The highest BCUT2D eigenvalue weighted by Gasteiger charge is 2.19. The van der Waals surface area contributed by atoms with E-state index in [9.17, 15) is 4.57 Å². The maximum absolute atomic E-state index is 10.8. The Bertz CT molecular complexity index is 116. The molecule has 0 aliphatic heterocycles. The molecule has 7 heteroatoms. The molecule has 0 aromatic heterocycles. The van der Waals surface area contributed by atoms with Gasteiger partial charge in [0, 0.05) is 17.7 Å². The molecule has 0 spiro atoms. The zero-order valence-electron chi connectivity index (χ0n) is 7.28. The van der Waals surface area contributed by atoms with Gasteiger partial charge in [0.15, 0.2) is 17.4 Å². The topological polar surface area (TPSA) is 73.6 Å². The van der Waals surface area contributed by atoms with Gasteiger partial charge in [-0.25, -0.2) is 0 Å². The summed E-state index contributed by atoms with van der Waals surface area (Å²) in [5.74, 6) is 0. The first-order valence-corrected chi connectivity index (χ1v) is 5.10. The lowest BCUT2D eigenvalue weighted by Gasteiger charge is -1.91. The summed E-state index contributed by atoms with van der Waals surface area (Å²) in [7, 11) is -2.02. The predicted molar refractivity (Wildman–Crippen MR) is 56.5 cm³/mol. The molecule has 0 aliphatic rings. The predicted octanol–water partition coefficient (Wildman–Crippen LogP) is -0.243. The van der Waals surface area contributed by atoms with Crippen LogP contribution in [-0.2, 0) is 13.7 Å².